The summed E-state index contributed by atoms with van der Waals surface area (Å²) in [4.78, 5) is 0. The summed E-state index contributed by atoms with van der Waals surface area (Å²) in [6.45, 7) is 2.58. The first-order valence-electron chi connectivity index (χ1n) is 4.22. The van der Waals surface area contributed by atoms with Gasteiger partial charge in [-0.3, -0.25) is 0 Å². The molecule has 12 heavy (non-hydrogen) atoms. The Labute approximate surface area is 73.2 Å². The van der Waals surface area contributed by atoms with Crippen LogP contribution in [0.5, 0.6) is 0 Å². The van der Waals surface area contributed by atoms with Crippen molar-refractivity contribution < 1.29 is 13.5 Å². The van der Waals surface area contributed by atoms with Crippen LogP contribution in [0.3, 0.4) is 0 Å². The number of piperidine rings is 1. The van der Waals surface area contributed by atoms with Gasteiger partial charge in [-0.05, 0) is 19.8 Å². The third kappa shape index (κ3) is 2.18. The average Bonchev–Trinajstić information content (AvgIpc) is 2.05. The molecule has 0 aromatic heterocycles. The quantitative estimate of drug-likeness (QED) is 0.660. The van der Waals surface area contributed by atoms with Crippen molar-refractivity contribution in [2.24, 2.45) is 0 Å². The normalized spacial score (nSPS) is 22.8. The average molecular weight is 193 g/mol. The lowest BCUT2D eigenvalue weighted by molar-refractivity contribution is 0.113. The zero-order chi connectivity index (χ0) is 9.19. The van der Waals surface area contributed by atoms with Gasteiger partial charge in [0.05, 0.1) is 11.9 Å². The molecule has 0 bridgehead atoms. The molecule has 0 saturated carbocycles. The molecule has 0 amide bonds. The fourth-order valence-electron chi connectivity index (χ4n) is 1.30. The minimum absolute atomic E-state index is 0.156. The van der Waals surface area contributed by atoms with E-state index < -0.39 is 10.0 Å². The molecule has 5 heteroatoms. The third-order valence-electron chi connectivity index (χ3n) is 2.18. The van der Waals surface area contributed by atoms with Crippen LogP contribution in [-0.4, -0.2) is 42.8 Å². The minimum atomic E-state index is -3.02. The van der Waals surface area contributed by atoms with Crippen molar-refractivity contribution in [3.63, 3.8) is 0 Å². The van der Waals surface area contributed by atoms with Crippen molar-refractivity contribution in [2.75, 3.05) is 18.8 Å². The Bertz CT molecular complexity index is 229. The lowest BCUT2D eigenvalue weighted by Crippen LogP contribution is -2.40. The molecule has 0 unspecified atom stereocenters. The molecule has 1 rings (SSSR count). The Morgan fingerprint density at radius 1 is 1.42 bits per heavy atom. The van der Waals surface area contributed by atoms with Gasteiger partial charge in [0.1, 0.15) is 0 Å². The molecule has 1 aliphatic rings. The molecule has 1 N–H and O–H groups in total. The molecule has 0 aromatic carbocycles. The zero-order valence-corrected chi connectivity index (χ0v) is 8.05. The van der Waals surface area contributed by atoms with Crippen LogP contribution in [0, 0.1) is 0 Å². The highest BCUT2D eigenvalue weighted by Gasteiger charge is 2.25. The van der Waals surface area contributed by atoms with Gasteiger partial charge in [0, 0.05) is 13.1 Å². The van der Waals surface area contributed by atoms with Crippen LogP contribution in [0.15, 0.2) is 0 Å². The summed E-state index contributed by atoms with van der Waals surface area (Å²) in [5.41, 5.74) is 0. The van der Waals surface area contributed by atoms with Gasteiger partial charge < -0.3 is 5.11 Å². The molecule has 4 nitrogen and oxygen atoms in total. The van der Waals surface area contributed by atoms with Crippen molar-refractivity contribution >= 4 is 10.0 Å². The van der Waals surface area contributed by atoms with Crippen molar-refractivity contribution in [2.45, 2.75) is 25.9 Å². The van der Waals surface area contributed by atoms with Gasteiger partial charge in [-0.2, -0.15) is 0 Å². The summed E-state index contributed by atoms with van der Waals surface area (Å²) in [5, 5.41) is 9.14. The lowest BCUT2D eigenvalue weighted by Gasteiger charge is -2.28. The number of sulfonamides is 1. The van der Waals surface area contributed by atoms with E-state index in [4.69, 9.17) is 5.11 Å². The number of hydrogen-bond acceptors (Lipinski definition) is 3. The largest absolute Gasteiger partial charge is 0.393 e. The smallest absolute Gasteiger partial charge is 0.213 e. The molecular formula is C7H15NO3S. The maximum atomic E-state index is 11.3. The van der Waals surface area contributed by atoms with E-state index in [9.17, 15) is 8.42 Å². The molecule has 0 aromatic rings. The first-order chi connectivity index (χ1) is 5.56. The van der Waals surface area contributed by atoms with Gasteiger partial charge in [-0.25, -0.2) is 12.7 Å². The van der Waals surface area contributed by atoms with Gasteiger partial charge in [0.15, 0.2) is 0 Å². The molecule has 1 aliphatic heterocycles. The number of rotatable bonds is 2. The molecule has 1 heterocycles. The summed E-state index contributed by atoms with van der Waals surface area (Å²) >= 11 is 0. The van der Waals surface area contributed by atoms with Gasteiger partial charge in [-0.15, -0.1) is 0 Å². The SMILES string of the molecule is CCS(=O)(=O)N1CCC(O)CC1. The second-order valence-corrected chi connectivity index (χ2v) is 5.29. The summed E-state index contributed by atoms with van der Waals surface area (Å²) in [6.07, 6.45) is 0.826. The summed E-state index contributed by atoms with van der Waals surface area (Å²) in [7, 11) is -3.02. The van der Waals surface area contributed by atoms with E-state index in [1.165, 1.54) is 4.31 Å². The maximum Gasteiger partial charge on any atom is 0.213 e. The third-order valence-corrected chi connectivity index (χ3v) is 4.06. The number of aliphatic hydroxyl groups is 1. The second kappa shape index (κ2) is 3.72. The number of hydrogen-bond donors (Lipinski definition) is 1. The lowest BCUT2D eigenvalue weighted by atomic mass is 10.1. The monoisotopic (exact) mass is 193 g/mol. The first kappa shape index (κ1) is 9.95. The van der Waals surface area contributed by atoms with Crippen molar-refractivity contribution in [3.8, 4) is 0 Å². The van der Waals surface area contributed by atoms with Crippen LogP contribution in [-0.2, 0) is 10.0 Å². The molecule has 0 spiro atoms. The Morgan fingerprint density at radius 2 is 1.92 bits per heavy atom. The summed E-state index contributed by atoms with van der Waals surface area (Å²) < 4.78 is 24.1. The highest BCUT2D eigenvalue weighted by Crippen LogP contribution is 2.13. The summed E-state index contributed by atoms with van der Waals surface area (Å²) in [6, 6.07) is 0. The fourth-order valence-corrected chi connectivity index (χ4v) is 2.44. The molecule has 1 saturated heterocycles. The highest BCUT2D eigenvalue weighted by molar-refractivity contribution is 7.89. The van der Waals surface area contributed by atoms with E-state index in [1.54, 1.807) is 6.92 Å². The van der Waals surface area contributed by atoms with Crippen molar-refractivity contribution in [3.05, 3.63) is 0 Å². The van der Waals surface area contributed by atoms with Crippen LogP contribution in [0.4, 0.5) is 0 Å². The van der Waals surface area contributed by atoms with Crippen molar-refractivity contribution in [1.29, 1.82) is 0 Å². The van der Waals surface area contributed by atoms with Crippen LogP contribution in [0.25, 0.3) is 0 Å². The first-order valence-corrected chi connectivity index (χ1v) is 5.83. The Hall–Kier alpha value is -0.130. The highest BCUT2D eigenvalue weighted by atomic mass is 32.2. The summed E-state index contributed by atoms with van der Waals surface area (Å²) in [5.74, 6) is 0.156. The van der Waals surface area contributed by atoms with E-state index in [0.717, 1.165) is 0 Å². The molecule has 72 valence electrons. The minimum Gasteiger partial charge on any atom is -0.393 e. The topological polar surface area (TPSA) is 57.6 Å². The molecule has 0 atom stereocenters. The Balaban J connectivity index is 2.56. The van der Waals surface area contributed by atoms with Gasteiger partial charge in [0.25, 0.3) is 0 Å². The van der Waals surface area contributed by atoms with Gasteiger partial charge in [-0.1, -0.05) is 0 Å². The van der Waals surface area contributed by atoms with Crippen molar-refractivity contribution in [1.82, 2.24) is 4.31 Å². The Kier molecular flexibility index (Phi) is 3.09. The van der Waals surface area contributed by atoms with E-state index in [1.807, 2.05) is 0 Å². The molecular weight excluding hydrogens is 178 g/mol. The van der Waals surface area contributed by atoms with E-state index in [-0.39, 0.29) is 11.9 Å². The zero-order valence-electron chi connectivity index (χ0n) is 7.23. The standard InChI is InChI=1S/C7H15NO3S/c1-2-12(10,11)8-5-3-7(9)4-6-8/h7,9H,2-6H2,1H3. The fraction of sp³-hybridized carbons (Fsp3) is 1.00. The van der Waals surface area contributed by atoms with Crippen LogP contribution < -0.4 is 0 Å². The van der Waals surface area contributed by atoms with E-state index >= 15 is 0 Å². The van der Waals surface area contributed by atoms with Crippen LogP contribution in [0.1, 0.15) is 19.8 Å². The molecule has 1 fully saturated rings. The Morgan fingerprint density at radius 3 is 2.33 bits per heavy atom. The molecule has 0 aliphatic carbocycles. The predicted molar refractivity (Wildman–Crippen MR) is 46.3 cm³/mol. The predicted octanol–water partition coefficient (Wildman–Crippen LogP) is -0.207. The van der Waals surface area contributed by atoms with Crippen LogP contribution in [0.2, 0.25) is 0 Å². The molecule has 0 radical (unpaired) electrons. The van der Waals surface area contributed by atoms with Gasteiger partial charge in [0.2, 0.25) is 10.0 Å². The maximum absolute atomic E-state index is 11.3. The number of aliphatic hydroxyl groups excluding tert-OH is 1. The van der Waals surface area contributed by atoms with E-state index in [2.05, 4.69) is 0 Å². The second-order valence-electron chi connectivity index (χ2n) is 3.03. The van der Waals surface area contributed by atoms with E-state index in [0.29, 0.717) is 25.9 Å². The number of nitrogens with zero attached hydrogens (tertiary/aromatic N) is 1. The van der Waals surface area contributed by atoms with Crippen LogP contribution >= 0.6 is 0 Å². The van der Waals surface area contributed by atoms with Gasteiger partial charge >= 0.3 is 0 Å².